The average molecular weight is 173 g/mol. The van der Waals surface area contributed by atoms with Gasteiger partial charge in [-0.2, -0.15) is 0 Å². The van der Waals surface area contributed by atoms with Crippen LogP contribution < -0.4 is 5.73 Å². The SMILES string of the molecule is CS[s+]1cccc1C(=N)N. The summed E-state index contributed by atoms with van der Waals surface area (Å²) in [6.07, 6.45) is 2.02. The van der Waals surface area contributed by atoms with Gasteiger partial charge in [0, 0.05) is 12.3 Å². The van der Waals surface area contributed by atoms with Crippen molar-refractivity contribution in [3.05, 3.63) is 22.4 Å². The fraction of sp³-hybridized carbons (Fsp3) is 0.167. The zero-order chi connectivity index (χ0) is 7.56. The van der Waals surface area contributed by atoms with Crippen LogP contribution in [0.25, 0.3) is 0 Å². The third kappa shape index (κ3) is 1.33. The highest BCUT2D eigenvalue weighted by Crippen LogP contribution is 2.34. The second-order valence-corrected chi connectivity index (χ2v) is 5.45. The van der Waals surface area contributed by atoms with Crippen molar-refractivity contribution < 1.29 is 0 Å². The van der Waals surface area contributed by atoms with Crippen LogP contribution in [-0.4, -0.2) is 12.1 Å². The van der Waals surface area contributed by atoms with Crippen LogP contribution in [0.3, 0.4) is 0 Å². The highest BCUT2D eigenvalue weighted by atomic mass is 33.1. The van der Waals surface area contributed by atoms with Crippen LogP contribution in [0.15, 0.2) is 17.5 Å². The van der Waals surface area contributed by atoms with E-state index >= 15 is 0 Å². The van der Waals surface area contributed by atoms with Gasteiger partial charge in [-0.3, -0.25) is 5.41 Å². The van der Waals surface area contributed by atoms with Crippen LogP contribution in [0.4, 0.5) is 0 Å². The van der Waals surface area contributed by atoms with Crippen molar-refractivity contribution in [2.24, 2.45) is 5.73 Å². The highest BCUT2D eigenvalue weighted by Gasteiger charge is 2.14. The van der Waals surface area contributed by atoms with E-state index in [-0.39, 0.29) is 15.3 Å². The Kier molecular flexibility index (Phi) is 2.34. The smallest absolute Gasteiger partial charge is 0.227 e. The molecule has 4 heteroatoms. The molecule has 0 saturated heterocycles. The summed E-state index contributed by atoms with van der Waals surface area (Å²) in [5.41, 5.74) is 5.33. The van der Waals surface area contributed by atoms with Crippen LogP contribution in [0.5, 0.6) is 0 Å². The minimum Gasteiger partial charge on any atom is -0.380 e. The number of nitrogens with two attached hydrogens (primary N) is 1. The quantitative estimate of drug-likeness (QED) is 0.310. The molecule has 1 unspecified atom stereocenters. The summed E-state index contributed by atoms with van der Waals surface area (Å²) in [4.78, 5) is 0.951. The maximum atomic E-state index is 7.19. The lowest BCUT2D eigenvalue weighted by atomic mass is 10.4. The first-order valence-corrected chi connectivity index (χ1v) is 5.79. The van der Waals surface area contributed by atoms with E-state index in [4.69, 9.17) is 11.1 Å². The van der Waals surface area contributed by atoms with Gasteiger partial charge in [0.15, 0.2) is 11.2 Å². The van der Waals surface area contributed by atoms with Gasteiger partial charge >= 0.3 is 0 Å². The first kappa shape index (κ1) is 7.63. The highest BCUT2D eigenvalue weighted by molar-refractivity contribution is 8.45. The first-order chi connectivity index (χ1) is 4.75. The topological polar surface area (TPSA) is 49.9 Å². The molecule has 0 bridgehead atoms. The predicted octanol–water partition coefficient (Wildman–Crippen LogP) is 1.85. The Morgan fingerprint density at radius 2 is 2.50 bits per heavy atom. The zero-order valence-electron chi connectivity index (χ0n) is 5.63. The Morgan fingerprint density at radius 1 is 1.80 bits per heavy atom. The molecule has 1 heterocycles. The van der Waals surface area contributed by atoms with Gasteiger partial charge < -0.3 is 5.73 Å². The molecule has 0 aromatic carbocycles. The lowest BCUT2D eigenvalue weighted by molar-refractivity contribution is 1.45. The molecule has 0 spiro atoms. The van der Waals surface area contributed by atoms with Crippen molar-refractivity contribution in [2.75, 3.05) is 6.26 Å². The number of nitrogen functional groups attached to an aromatic ring is 1. The Bertz CT molecular complexity index is 242. The molecular weight excluding hydrogens is 164 g/mol. The molecule has 1 rings (SSSR count). The second kappa shape index (κ2) is 3.07. The molecular formula is C6H9N2S2+. The van der Waals surface area contributed by atoms with E-state index in [0.29, 0.717) is 0 Å². The summed E-state index contributed by atoms with van der Waals surface area (Å²) in [6.45, 7) is 0. The number of nitrogens with one attached hydrogen (secondary N) is 1. The maximum absolute atomic E-state index is 7.19. The summed E-state index contributed by atoms with van der Waals surface area (Å²) < 4.78 is 0. The second-order valence-electron chi connectivity index (χ2n) is 1.74. The van der Waals surface area contributed by atoms with E-state index in [9.17, 15) is 0 Å². The van der Waals surface area contributed by atoms with Crippen LogP contribution >= 0.6 is 20.3 Å². The van der Waals surface area contributed by atoms with E-state index in [0.717, 1.165) is 4.88 Å². The van der Waals surface area contributed by atoms with Crippen molar-refractivity contribution in [2.45, 2.75) is 0 Å². The molecule has 0 saturated carbocycles. The Morgan fingerprint density at radius 3 is 2.90 bits per heavy atom. The van der Waals surface area contributed by atoms with E-state index in [1.807, 2.05) is 18.4 Å². The standard InChI is InChI=1S/C6H9N2S2/c1-9-10-4-2-3-5(10)6(7)8/h2-4H,1H3,(H3,7,8)/q+1. The van der Waals surface area contributed by atoms with Gasteiger partial charge in [-0.05, 0) is 6.07 Å². The molecule has 0 fully saturated rings. The van der Waals surface area contributed by atoms with E-state index in [2.05, 4.69) is 5.38 Å². The summed E-state index contributed by atoms with van der Waals surface area (Å²) in [5.74, 6) is 0.197. The van der Waals surface area contributed by atoms with Gasteiger partial charge in [-0.1, -0.05) is 0 Å². The lowest BCUT2D eigenvalue weighted by Gasteiger charge is -1.85. The van der Waals surface area contributed by atoms with Crippen LogP contribution in [0.1, 0.15) is 4.88 Å². The summed E-state index contributed by atoms with van der Waals surface area (Å²) in [6, 6.07) is 3.86. The molecule has 10 heavy (non-hydrogen) atoms. The normalized spacial score (nSPS) is 11.5. The van der Waals surface area contributed by atoms with Crippen LogP contribution in [-0.2, 0) is 0 Å². The van der Waals surface area contributed by atoms with Gasteiger partial charge in [0.1, 0.15) is 10.8 Å². The third-order valence-corrected chi connectivity index (χ3v) is 4.61. The predicted molar refractivity (Wildman–Crippen MR) is 48.9 cm³/mol. The summed E-state index contributed by atoms with van der Waals surface area (Å²) >= 11 is 0. The molecule has 1 atom stereocenters. The van der Waals surface area contributed by atoms with Gasteiger partial charge in [0.25, 0.3) is 0 Å². The van der Waals surface area contributed by atoms with Crippen LogP contribution in [0, 0.1) is 5.41 Å². The molecule has 1 aromatic heterocycles. The molecule has 0 aliphatic rings. The Hall–Kier alpha value is -0.480. The molecule has 0 aliphatic heterocycles. The average Bonchev–Trinajstić information content (AvgIpc) is 2.33. The fourth-order valence-electron chi connectivity index (χ4n) is 0.682. The Labute approximate surface area is 66.3 Å². The zero-order valence-corrected chi connectivity index (χ0v) is 7.26. The minimum atomic E-state index is 0.0455. The first-order valence-electron chi connectivity index (χ1n) is 2.76. The molecule has 0 amide bonds. The van der Waals surface area contributed by atoms with Crippen molar-refractivity contribution in [3.63, 3.8) is 0 Å². The van der Waals surface area contributed by atoms with Crippen molar-refractivity contribution >= 4 is 26.1 Å². The van der Waals surface area contributed by atoms with Gasteiger partial charge in [0.05, 0.1) is 9.50 Å². The molecule has 2 nitrogen and oxygen atoms in total. The van der Waals surface area contributed by atoms with Crippen molar-refractivity contribution in [1.82, 2.24) is 0 Å². The Balaban J connectivity index is 3.01. The van der Waals surface area contributed by atoms with E-state index < -0.39 is 0 Å². The summed E-state index contributed by atoms with van der Waals surface area (Å²) in [5, 5.41) is 9.26. The van der Waals surface area contributed by atoms with Crippen molar-refractivity contribution in [3.8, 4) is 0 Å². The van der Waals surface area contributed by atoms with Gasteiger partial charge in [0.2, 0.25) is 4.88 Å². The molecule has 0 radical (unpaired) electrons. The number of rotatable bonds is 2. The number of amidine groups is 1. The van der Waals surface area contributed by atoms with Crippen LogP contribution in [0.2, 0.25) is 0 Å². The molecule has 3 N–H and O–H groups in total. The molecule has 0 aliphatic carbocycles. The molecule has 1 aromatic rings. The van der Waals surface area contributed by atoms with Gasteiger partial charge in [-0.25, -0.2) is 0 Å². The number of hydrogen-bond donors (Lipinski definition) is 2. The third-order valence-electron chi connectivity index (χ3n) is 1.11. The van der Waals surface area contributed by atoms with E-state index in [1.165, 1.54) is 0 Å². The monoisotopic (exact) mass is 173 g/mol. The lowest BCUT2D eigenvalue weighted by Crippen LogP contribution is -2.08. The van der Waals surface area contributed by atoms with Gasteiger partial charge in [-0.15, -0.1) is 0 Å². The van der Waals surface area contributed by atoms with Crippen molar-refractivity contribution in [1.29, 1.82) is 5.41 Å². The largest absolute Gasteiger partial charge is 0.380 e. The minimum absolute atomic E-state index is 0.0455. The number of thiophene rings is 1. The number of hydrogen-bond acceptors (Lipinski definition) is 2. The fourth-order valence-corrected chi connectivity index (χ4v) is 3.27. The maximum Gasteiger partial charge on any atom is 0.227 e. The molecule has 54 valence electrons. The summed E-state index contributed by atoms with van der Waals surface area (Å²) in [7, 11) is 1.77. The van der Waals surface area contributed by atoms with E-state index in [1.54, 1.807) is 10.8 Å².